The first-order chi connectivity index (χ1) is 10.8. The molecule has 0 aromatic carbocycles. The van der Waals surface area contributed by atoms with Crippen molar-refractivity contribution in [1.29, 1.82) is 0 Å². The molecule has 9 nitrogen and oxygen atoms in total. The Morgan fingerprint density at radius 1 is 1.39 bits per heavy atom. The zero-order valence-electron chi connectivity index (χ0n) is 13.7. The Morgan fingerprint density at radius 2 is 2.04 bits per heavy atom. The summed E-state index contributed by atoms with van der Waals surface area (Å²) in [5.41, 5.74) is 8.80. The quantitative estimate of drug-likeness (QED) is 0.361. The Kier molecular flexibility index (Phi) is 5.13. The van der Waals surface area contributed by atoms with Crippen molar-refractivity contribution in [3.05, 3.63) is 10.4 Å². The maximum Gasteiger partial charge on any atom is 0.311 e. The number of nitrogens with one attached hydrogen (secondary N) is 1. The number of nitrogens with zero attached hydrogens (tertiary/aromatic N) is 3. The van der Waals surface area contributed by atoms with E-state index in [1.807, 2.05) is 0 Å². The summed E-state index contributed by atoms with van der Waals surface area (Å²) in [7, 11) is 0. The van der Waals surface area contributed by atoms with Crippen LogP contribution in [0.2, 0.25) is 0 Å². The first kappa shape index (κ1) is 17.5. The van der Waals surface area contributed by atoms with E-state index in [-0.39, 0.29) is 18.9 Å². The van der Waals surface area contributed by atoms with E-state index in [1.165, 1.54) is 6.92 Å². The summed E-state index contributed by atoms with van der Waals surface area (Å²) in [5, 5.41) is 6.50. The van der Waals surface area contributed by atoms with Crippen LogP contribution in [0.4, 0.5) is 0 Å². The number of fused-ring (bicyclic) bond motifs is 1. The maximum atomic E-state index is 12.3. The lowest BCUT2D eigenvalue weighted by molar-refractivity contribution is -0.163. The summed E-state index contributed by atoms with van der Waals surface area (Å²) in [6, 6.07) is -1.17. The molecule has 1 aliphatic carbocycles. The highest BCUT2D eigenvalue weighted by molar-refractivity contribution is 5.75. The molecule has 128 valence electrons. The largest absolute Gasteiger partial charge is 0.466 e. The van der Waals surface area contributed by atoms with Gasteiger partial charge in [0.25, 0.3) is 0 Å². The van der Waals surface area contributed by atoms with E-state index in [9.17, 15) is 9.59 Å². The molecule has 0 bridgehead atoms. The number of amides is 1. The minimum atomic E-state index is -0.901. The Balaban J connectivity index is 2.34. The van der Waals surface area contributed by atoms with E-state index in [0.29, 0.717) is 0 Å². The van der Waals surface area contributed by atoms with E-state index >= 15 is 0 Å². The Morgan fingerprint density at radius 3 is 2.61 bits per heavy atom. The average molecular weight is 326 g/mol. The Bertz CT molecular complexity index is 531. The second-order valence-electron chi connectivity index (χ2n) is 6.16. The topological polar surface area (TPSA) is 123 Å². The van der Waals surface area contributed by atoms with Crippen LogP contribution in [0.5, 0.6) is 0 Å². The van der Waals surface area contributed by atoms with Gasteiger partial charge in [-0.25, -0.2) is 0 Å². The van der Waals surface area contributed by atoms with Gasteiger partial charge in [-0.2, -0.15) is 0 Å². The van der Waals surface area contributed by atoms with Crippen LogP contribution in [0.3, 0.4) is 0 Å². The van der Waals surface area contributed by atoms with Crippen LogP contribution in [0.1, 0.15) is 34.1 Å². The molecule has 1 N–H and O–H groups in total. The molecule has 1 saturated carbocycles. The Hall–Kier alpha value is -1.83. The van der Waals surface area contributed by atoms with Crippen molar-refractivity contribution in [3.8, 4) is 0 Å². The minimum Gasteiger partial charge on any atom is -0.466 e. The van der Waals surface area contributed by atoms with Crippen LogP contribution in [-0.4, -0.2) is 48.6 Å². The number of rotatable bonds is 4. The van der Waals surface area contributed by atoms with Gasteiger partial charge in [-0.3, -0.25) is 9.59 Å². The van der Waals surface area contributed by atoms with Gasteiger partial charge in [0.1, 0.15) is 12.2 Å². The Labute approximate surface area is 134 Å². The first-order valence-electron chi connectivity index (χ1n) is 7.62. The molecular weight excluding hydrogens is 304 g/mol. The molecule has 1 aliphatic heterocycles. The second-order valence-corrected chi connectivity index (χ2v) is 6.16. The molecule has 1 amide bonds. The SMILES string of the molecule is CCOC(=O)[C@@H]1C[C@H](N=[N+]=[N-])[C@@H](NC(C)=O)[C@@H]2OC(C)(C)O[C@@H]21. The van der Waals surface area contributed by atoms with Crippen LogP contribution in [0.15, 0.2) is 5.11 Å². The maximum absolute atomic E-state index is 12.3. The fourth-order valence-corrected chi connectivity index (χ4v) is 3.24. The van der Waals surface area contributed by atoms with Crippen LogP contribution in [0.25, 0.3) is 10.4 Å². The number of hydrogen-bond donors (Lipinski definition) is 1. The number of azide groups is 1. The highest BCUT2D eigenvalue weighted by Gasteiger charge is 2.56. The van der Waals surface area contributed by atoms with Crippen LogP contribution >= 0.6 is 0 Å². The molecule has 2 aliphatic rings. The lowest BCUT2D eigenvalue weighted by atomic mass is 9.78. The molecule has 9 heteroatoms. The summed E-state index contributed by atoms with van der Waals surface area (Å²) < 4.78 is 16.8. The lowest BCUT2D eigenvalue weighted by Crippen LogP contribution is -2.60. The van der Waals surface area contributed by atoms with Crippen molar-refractivity contribution < 1.29 is 23.8 Å². The zero-order chi connectivity index (χ0) is 17.2. The average Bonchev–Trinajstić information content (AvgIpc) is 2.76. The second kappa shape index (κ2) is 6.74. The van der Waals surface area contributed by atoms with E-state index in [0.717, 1.165) is 0 Å². The third kappa shape index (κ3) is 3.74. The third-order valence-corrected chi connectivity index (χ3v) is 3.98. The first-order valence-corrected chi connectivity index (χ1v) is 7.62. The zero-order valence-corrected chi connectivity index (χ0v) is 13.7. The van der Waals surface area contributed by atoms with E-state index in [4.69, 9.17) is 19.7 Å². The molecule has 1 saturated heterocycles. The molecule has 0 aromatic heterocycles. The number of carbonyl (C=O) groups is 2. The van der Waals surface area contributed by atoms with Gasteiger partial charge in [0, 0.05) is 11.8 Å². The molecule has 0 spiro atoms. The van der Waals surface area contributed by atoms with E-state index in [1.54, 1.807) is 20.8 Å². The van der Waals surface area contributed by atoms with Crippen LogP contribution < -0.4 is 5.32 Å². The molecule has 5 atom stereocenters. The minimum absolute atomic E-state index is 0.231. The summed E-state index contributed by atoms with van der Waals surface area (Å²) in [6.07, 6.45) is -0.923. The van der Waals surface area contributed by atoms with E-state index in [2.05, 4.69) is 15.3 Å². The highest BCUT2D eigenvalue weighted by atomic mass is 16.8. The van der Waals surface area contributed by atoms with Crippen LogP contribution in [0, 0.1) is 5.92 Å². The van der Waals surface area contributed by atoms with Gasteiger partial charge in [0.15, 0.2) is 5.79 Å². The van der Waals surface area contributed by atoms with Gasteiger partial charge >= 0.3 is 5.97 Å². The van der Waals surface area contributed by atoms with Crippen LogP contribution in [-0.2, 0) is 23.8 Å². The molecule has 2 fully saturated rings. The highest BCUT2D eigenvalue weighted by Crippen LogP contribution is 2.41. The monoisotopic (exact) mass is 326 g/mol. The third-order valence-electron chi connectivity index (χ3n) is 3.98. The number of ether oxygens (including phenoxy) is 3. The predicted molar refractivity (Wildman–Crippen MR) is 79.1 cm³/mol. The normalized spacial score (nSPS) is 34.9. The molecule has 0 unspecified atom stereocenters. The van der Waals surface area contributed by atoms with Crippen molar-refractivity contribution in [2.24, 2.45) is 11.0 Å². The lowest BCUT2D eigenvalue weighted by Gasteiger charge is -2.39. The predicted octanol–water partition coefficient (Wildman–Crippen LogP) is 1.27. The molecule has 0 aromatic rings. The summed E-state index contributed by atoms with van der Waals surface area (Å²) in [6.45, 7) is 6.82. The summed E-state index contributed by atoms with van der Waals surface area (Å²) >= 11 is 0. The molecule has 1 heterocycles. The van der Waals surface area contributed by atoms with Crippen molar-refractivity contribution in [1.82, 2.24) is 5.32 Å². The fourth-order valence-electron chi connectivity index (χ4n) is 3.24. The molecular formula is C14H22N4O5. The van der Waals surface area contributed by atoms with Crippen molar-refractivity contribution in [2.75, 3.05) is 6.61 Å². The molecule has 23 heavy (non-hydrogen) atoms. The number of carbonyl (C=O) groups excluding carboxylic acids is 2. The summed E-state index contributed by atoms with van der Waals surface area (Å²) in [4.78, 5) is 26.6. The van der Waals surface area contributed by atoms with Gasteiger partial charge in [0.05, 0.1) is 24.6 Å². The van der Waals surface area contributed by atoms with E-state index < -0.39 is 42.0 Å². The number of esters is 1. The van der Waals surface area contributed by atoms with Gasteiger partial charge in [-0.15, -0.1) is 0 Å². The fraction of sp³-hybridized carbons (Fsp3) is 0.857. The molecule has 2 rings (SSSR count). The van der Waals surface area contributed by atoms with Crippen molar-refractivity contribution >= 4 is 11.9 Å². The number of hydrogen-bond acceptors (Lipinski definition) is 6. The molecule has 0 radical (unpaired) electrons. The van der Waals surface area contributed by atoms with Gasteiger partial charge in [0.2, 0.25) is 5.91 Å². The van der Waals surface area contributed by atoms with Crippen molar-refractivity contribution in [2.45, 2.75) is 64.2 Å². The standard InChI is InChI=1S/C14H22N4O5/c1-5-21-13(20)8-6-9(17-18-15)10(16-7(2)19)12-11(8)22-14(3,4)23-12/h8-12H,5-6H2,1-4H3,(H,16,19)/t8-,9+,10-,11-,12+/m1/s1. The van der Waals surface area contributed by atoms with Gasteiger partial charge < -0.3 is 19.5 Å². The van der Waals surface area contributed by atoms with Gasteiger partial charge in [-0.05, 0) is 32.7 Å². The van der Waals surface area contributed by atoms with Crippen molar-refractivity contribution in [3.63, 3.8) is 0 Å². The summed E-state index contributed by atoms with van der Waals surface area (Å²) in [5.74, 6) is -2.19. The van der Waals surface area contributed by atoms with Gasteiger partial charge in [-0.1, -0.05) is 5.11 Å². The smallest absolute Gasteiger partial charge is 0.311 e.